The van der Waals surface area contributed by atoms with Gasteiger partial charge in [0.1, 0.15) is 5.76 Å². The zero-order chi connectivity index (χ0) is 19.6. The van der Waals surface area contributed by atoms with Gasteiger partial charge in [0, 0.05) is 24.7 Å². The monoisotopic (exact) mass is 392 g/mol. The Morgan fingerprint density at radius 2 is 2.00 bits per heavy atom. The van der Waals surface area contributed by atoms with Crippen LogP contribution in [-0.4, -0.2) is 38.0 Å². The highest BCUT2D eigenvalue weighted by atomic mass is 32.2. The van der Waals surface area contributed by atoms with Crippen LogP contribution in [0.15, 0.2) is 39.8 Å². The normalized spacial score (nSPS) is 15.8. The molecule has 9 nitrogen and oxygen atoms in total. The third-order valence-corrected chi connectivity index (χ3v) is 5.69. The minimum atomic E-state index is -3.90. The fraction of sp³-hybridized carbons (Fsp3) is 0.353. The Labute approximate surface area is 156 Å². The summed E-state index contributed by atoms with van der Waals surface area (Å²) >= 11 is 0. The molecule has 0 bridgehead atoms. The summed E-state index contributed by atoms with van der Waals surface area (Å²) in [7, 11) is -3.90. The smallest absolute Gasteiger partial charge is 0.243 e. The third kappa shape index (κ3) is 4.34. The Morgan fingerprint density at radius 3 is 2.56 bits per heavy atom. The first kappa shape index (κ1) is 19.1. The van der Waals surface area contributed by atoms with Gasteiger partial charge in [0.15, 0.2) is 5.82 Å². The largest absolute Gasteiger partial charge is 0.360 e. The lowest BCUT2D eigenvalue weighted by Crippen LogP contribution is -2.41. The first-order valence-corrected chi connectivity index (χ1v) is 9.91. The van der Waals surface area contributed by atoms with E-state index in [0.717, 1.165) is 6.42 Å². The van der Waals surface area contributed by atoms with Crippen LogP contribution in [0.1, 0.15) is 25.5 Å². The van der Waals surface area contributed by atoms with Crippen molar-refractivity contribution in [2.45, 2.75) is 37.6 Å². The summed E-state index contributed by atoms with van der Waals surface area (Å²) in [6.07, 6.45) is 1.29. The molecule has 144 valence electrons. The van der Waals surface area contributed by atoms with E-state index in [1.807, 2.05) is 0 Å². The highest BCUT2D eigenvalue weighted by Crippen LogP contribution is 2.23. The number of sulfonamides is 1. The van der Waals surface area contributed by atoms with Gasteiger partial charge in [0.05, 0.1) is 10.9 Å². The standard InChI is InChI=1S/C17H20N4O5S/c1-11-10-15(19-26-11)18-17(23)12(2)20-27(24,25)14-7-5-13(6-8-14)21-9-3-4-16(21)22/h5-8,10,12,20H,3-4,9H2,1-2H3,(H,18,19,23)/t12-/m0/s1. The number of carbonyl (C=O) groups excluding carboxylic acids is 2. The molecule has 0 spiro atoms. The summed E-state index contributed by atoms with van der Waals surface area (Å²) in [5.74, 6) is 0.196. The van der Waals surface area contributed by atoms with E-state index >= 15 is 0 Å². The molecule has 1 aromatic carbocycles. The first-order chi connectivity index (χ1) is 12.8. The molecule has 0 unspecified atom stereocenters. The van der Waals surface area contributed by atoms with Gasteiger partial charge < -0.3 is 14.7 Å². The molecule has 2 amide bonds. The number of hydrogen-bond donors (Lipinski definition) is 2. The predicted molar refractivity (Wildman–Crippen MR) is 97.7 cm³/mol. The fourth-order valence-electron chi connectivity index (χ4n) is 2.74. The van der Waals surface area contributed by atoms with Crippen molar-refractivity contribution in [3.05, 3.63) is 36.1 Å². The van der Waals surface area contributed by atoms with E-state index in [4.69, 9.17) is 4.52 Å². The number of anilines is 2. The summed E-state index contributed by atoms with van der Waals surface area (Å²) in [5, 5.41) is 6.10. The van der Waals surface area contributed by atoms with Crippen molar-refractivity contribution < 1.29 is 22.5 Å². The number of hydrogen-bond acceptors (Lipinski definition) is 6. The van der Waals surface area contributed by atoms with Gasteiger partial charge in [0.25, 0.3) is 0 Å². The molecular weight excluding hydrogens is 372 g/mol. The number of rotatable bonds is 6. The molecule has 2 heterocycles. The van der Waals surface area contributed by atoms with Gasteiger partial charge in [-0.1, -0.05) is 5.16 Å². The van der Waals surface area contributed by atoms with Crippen molar-refractivity contribution in [3.8, 4) is 0 Å². The molecule has 27 heavy (non-hydrogen) atoms. The first-order valence-electron chi connectivity index (χ1n) is 8.43. The van der Waals surface area contributed by atoms with Crippen LogP contribution in [0.25, 0.3) is 0 Å². The van der Waals surface area contributed by atoms with Gasteiger partial charge in [-0.2, -0.15) is 4.72 Å². The maximum Gasteiger partial charge on any atom is 0.243 e. The lowest BCUT2D eigenvalue weighted by atomic mass is 10.3. The highest BCUT2D eigenvalue weighted by Gasteiger charge is 2.25. The predicted octanol–water partition coefficient (Wildman–Crippen LogP) is 1.42. The average Bonchev–Trinajstić information content (AvgIpc) is 3.22. The topological polar surface area (TPSA) is 122 Å². The van der Waals surface area contributed by atoms with E-state index in [-0.39, 0.29) is 16.6 Å². The van der Waals surface area contributed by atoms with Crippen LogP contribution < -0.4 is 14.9 Å². The number of amides is 2. The van der Waals surface area contributed by atoms with Crippen molar-refractivity contribution in [2.75, 3.05) is 16.8 Å². The summed E-state index contributed by atoms with van der Waals surface area (Å²) in [4.78, 5) is 25.5. The number of benzene rings is 1. The summed E-state index contributed by atoms with van der Waals surface area (Å²) in [5.41, 5.74) is 0.656. The molecular formula is C17H20N4O5S. The van der Waals surface area contributed by atoms with Crippen LogP contribution in [0.4, 0.5) is 11.5 Å². The fourth-order valence-corrected chi connectivity index (χ4v) is 3.94. The SMILES string of the molecule is Cc1cc(NC(=O)[C@H](C)NS(=O)(=O)c2ccc(N3CCCC3=O)cc2)no1. The summed E-state index contributed by atoms with van der Waals surface area (Å²) < 4.78 is 32.2. The molecule has 2 aromatic rings. The molecule has 1 aromatic heterocycles. The molecule has 0 aliphatic carbocycles. The Hall–Kier alpha value is -2.72. The van der Waals surface area contributed by atoms with Crippen LogP contribution in [0.2, 0.25) is 0 Å². The van der Waals surface area contributed by atoms with Crippen LogP contribution >= 0.6 is 0 Å². The number of carbonyl (C=O) groups is 2. The van der Waals surface area contributed by atoms with Gasteiger partial charge in [-0.05, 0) is 44.5 Å². The second-order valence-electron chi connectivity index (χ2n) is 6.30. The second kappa shape index (κ2) is 7.49. The number of nitrogens with one attached hydrogen (secondary N) is 2. The Balaban J connectivity index is 1.66. The molecule has 1 atom stereocenters. The van der Waals surface area contributed by atoms with Crippen LogP contribution in [0.3, 0.4) is 0 Å². The van der Waals surface area contributed by atoms with Gasteiger partial charge in [-0.25, -0.2) is 8.42 Å². The number of aryl methyl sites for hydroxylation is 1. The summed E-state index contributed by atoms with van der Waals surface area (Å²) in [6, 6.07) is 6.50. The lowest BCUT2D eigenvalue weighted by molar-refractivity contribution is -0.118. The maximum atomic E-state index is 12.5. The van der Waals surface area contributed by atoms with Crippen molar-refractivity contribution in [3.63, 3.8) is 0 Å². The minimum absolute atomic E-state index is 0.00910. The zero-order valence-electron chi connectivity index (χ0n) is 14.9. The van der Waals surface area contributed by atoms with Gasteiger partial charge >= 0.3 is 0 Å². The molecule has 1 aliphatic rings. The molecule has 1 aliphatic heterocycles. The molecule has 0 saturated carbocycles. The van der Waals surface area contributed by atoms with Gasteiger partial charge in [0.2, 0.25) is 21.8 Å². The zero-order valence-corrected chi connectivity index (χ0v) is 15.7. The van der Waals surface area contributed by atoms with Crippen molar-refractivity contribution in [1.29, 1.82) is 0 Å². The molecule has 0 radical (unpaired) electrons. The lowest BCUT2D eigenvalue weighted by Gasteiger charge is -2.17. The maximum absolute atomic E-state index is 12.5. The molecule has 1 saturated heterocycles. The minimum Gasteiger partial charge on any atom is -0.360 e. The highest BCUT2D eigenvalue weighted by molar-refractivity contribution is 7.89. The summed E-state index contributed by atoms with van der Waals surface area (Å²) in [6.45, 7) is 3.73. The van der Waals surface area contributed by atoms with Crippen LogP contribution in [0, 0.1) is 6.92 Å². The number of nitrogens with zero attached hydrogens (tertiary/aromatic N) is 2. The van der Waals surface area contributed by atoms with E-state index in [0.29, 0.717) is 24.4 Å². The van der Waals surface area contributed by atoms with Gasteiger partial charge in [-0.3, -0.25) is 9.59 Å². The van der Waals surface area contributed by atoms with Crippen LogP contribution in [0.5, 0.6) is 0 Å². The van der Waals surface area contributed by atoms with E-state index in [1.54, 1.807) is 24.0 Å². The molecule has 3 rings (SSSR count). The average molecular weight is 392 g/mol. The van der Waals surface area contributed by atoms with Gasteiger partial charge in [-0.15, -0.1) is 0 Å². The Kier molecular flexibility index (Phi) is 5.29. The number of aromatic nitrogens is 1. The quantitative estimate of drug-likeness (QED) is 0.767. The van der Waals surface area contributed by atoms with Crippen molar-refractivity contribution in [1.82, 2.24) is 9.88 Å². The van der Waals surface area contributed by atoms with Crippen molar-refractivity contribution in [2.24, 2.45) is 0 Å². The molecule has 1 fully saturated rings. The molecule has 2 N–H and O–H groups in total. The molecule has 10 heteroatoms. The Morgan fingerprint density at radius 1 is 1.30 bits per heavy atom. The van der Waals surface area contributed by atoms with E-state index < -0.39 is 22.0 Å². The van der Waals surface area contributed by atoms with E-state index in [1.165, 1.54) is 25.1 Å². The third-order valence-electron chi connectivity index (χ3n) is 4.14. The van der Waals surface area contributed by atoms with Crippen LogP contribution in [-0.2, 0) is 19.6 Å². The Bertz CT molecular complexity index is 952. The van der Waals surface area contributed by atoms with E-state index in [2.05, 4.69) is 15.2 Å². The van der Waals surface area contributed by atoms with Crippen molar-refractivity contribution >= 4 is 33.3 Å². The van der Waals surface area contributed by atoms with E-state index in [9.17, 15) is 18.0 Å². The second-order valence-corrected chi connectivity index (χ2v) is 8.01.